The Labute approximate surface area is 113 Å². The number of hydrogen-bond donors (Lipinski definition) is 0. The van der Waals surface area contributed by atoms with Crippen molar-refractivity contribution >= 4 is 16.6 Å². The number of benzene rings is 1. The normalized spacial score (nSPS) is 11.1. The van der Waals surface area contributed by atoms with Gasteiger partial charge in [-0.1, -0.05) is 18.2 Å². The first kappa shape index (κ1) is 11.8. The van der Waals surface area contributed by atoms with Crippen molar-refractivity contribution in [2.45, 2.75) is 19.9 Å². The zero-order valence-electron chi connectivity index (χ0n) is 11.2. The molecule has 3 nitrogen and oxygen atoms in total. The summed E-state index contributed by atoms with van der Waals surface area (Å²) in [5.74, 6) is 0. The maximum absolute atomic E-state index is 4.09. The van der Waals surface area contributed by atoms with E-state index in [0.717, 1.165) is 5.69 Å². The SMILES string of the molecule is CC(C)N(c1ccncc1)n1ccc2ccccc21. The maximum atomic E-state index is 4.09. The molecular formula is C16H17N3. The van der Waals surface area contributed by atoms with Gasteiger partial charge in [-0.25, -0.2) is 0 Å². The predicted octanol–water partition coefficient (Wildman–Crippen LogP) is 3.71. The second kappa shape index (κ2) is 4.76. The van der Waals surface area contributed by atoms with Gasteiger partial charge in [0.25, 0.3) is 0 Å². The van der Waals surface area contributed by atoms with E-state index < -0.39 is 0 Å². The van der Waals surface area contributed by atoms with Gasteiger partial charge in [0.15, 0.2) is 0 Å². The summed E-state index contributed by atoms with van der Waals surface area (Å²) in [6, 6.07) is 15.0. The van der Waals surface area contributed by atoms with Gasteiger partial charge < -0.3 is 0 Å². The van der Waals surface area contributed by atoms with Gasteiger partial charge in [-0.05, 0) is 38.1 Å². The number of rotatable bonds is 3. The molecule has 0 atom stereocenters. The molecule has 3 aromatic rings. The monoisotopic (exact) mass is 251 g/mol. The van der Waals surface area contributed by atoms with Crippen LogP contribution >= 0.6 is 0 Å². The van der Waals surface area contributed by atoms with E-state index >= 15 is 0 Å². The fourth-order valence-electron chi connectivity index (χ4n) is 2.42. The molecule has 96 valence electrons. The molecule has 0 spiro atoms. The Bertz CT molecular complexity index is 671. The lowest BCUT2D eigenvalue weighted by molar-refractivity contribution is 0.622. The molecule has 0 saturated carbocycles. The van der Waals surface area contributed by atoms with Crippen LogP contribution in [0.2, 0.25) is 0 Å². The molecule has 0 amide bonds. The largest absolute Gasteiger partial charge is 0.279 e. The molecule has 0 radical (unpaired) electrons. The number of pyridine rings is 1. The standard InChI is InChI=1S/C16H17N3/c1-13(2)19(15-7-10-17-11-8-15)18-12-9-14-5-3-4-6-16(14)18/h3-13H,1-2H3. The van der Waals surface area contributed by atoms with E-state index in [1.165, 1.54) is 10.9 Å². The quantitative estimate of drug-likeness (QED) is 0.707. The second-order valence-corrected chi connectivity index (χ2v) is 4.86. The molecule has 0 bridgehead atoms. The molecule has 2 aromatic heterocycles. The number of anilines is 1. The molecule has 19 heavy (non-hydrogen) atoms. The third-order valence-electron chi connectivity index (χ3n) is 3.23. The van der Waals surface area contributed by atoms with Crippen molar-refractivity contribution in [1.29, 1.82) is 0 Å². The summed E-state index contributed by atoms with van der Waals surface area (Å²) in [6.45, 7) is 4.38. The van der Waals surface area contributed by atoms with E-state index in [0.29, 0.717) is 6.04 Å². The zero-order chi connectivity index (χ0) is 13.2. The van der Waals surface area contributed by atoms with Crippen LogP contribution in [0.4, 0.5) is 5.69 Å². The molecule has 0 saturated heterocycles. The second-order valence-electron chi connectivity index (χ2n) is 4.86. The van der Waals surface area contributed by atoms with E-state index in [9.17, 15) is 0 Å². The fraction of sp³-hybridized carbons (Fsp3) is 0.188. The first-order valence-corrected chi connectivity index (χ1v) is 6.53. The summed E-state index contributed by atoms with van der Waals surface area (Å²) < 4.78 is 2.20. The fourth-order valence-corrected chi connectivity index (χ4v) is 2.42. The number of para-hydroxylation sites is 1. The van der Waals surface area contributed by atoms with Gasteiger partial charge in [0.1, 0.15) is 0 Å². The van der Waals surface area contributed by atoms with E-state index in [-0.39, 0.29) is 0 Å². The summed E-state index contributed by atoms with van der Waals surface area (Å²) in [5.41, 5.74) is 2.36. The molecular weight excluding hydrogens is 234 g/mol. The van der Waals surface area contributed by atoms with Gasteiger partial charge in [-0.3, -0.25) is 14.7 Å². The van der Waals surface area contributed by atoms with E-state index in [2.05, 4.69) is 65.0 Å². The van der Waals surface area contributed by atoms with E-state index in [4.69, 9.17) is 0 Å². The Morgan fingerprint density at radius 3 is 2.47 bits per heavy atom. The van der Waals surface area contributed by atoms with Crippen LogP contribution < -0.4 is 5.01 Å². The highest BCUT2D eigenvalue weighted by Gasteiger charge is 2.14. The van der Waals surface area contributed by atoms with Crippen LogP contribution in [0, 0.1) is 0 Å². The van der Waals surface area contributed by atoms with Crippen molar-refractivity contribution in [3.8, 4) is 0 Å². The molecule has 0 aliphatic carbocycles. The Balaban J connectivity index is 2.16. The Morgan fingerprint density at radius 1 is 1.00 bits per heavy atom. The average Bonchev–Trinajstić information content (AvgIpc) is 2.84. The number of hydrogen-bond acceptors (Lipinski definition) is 2. The summed E-state index contributed by atoms with van der Waals surface area (Å²) in [5, 5.41) is 3.52. The first-order valence-electron chi connectivity index (χ1n) is 6.53. The zero-order valence-corrected chi connectivity index (χ0v) is 11.2. The number of nitrogens with zero attached hydrogens (tertiary/aromatic N) is 3. The highest BCUT2D eigenvalue weighted by atomic mass is 15.6. The lowest BCUT2D eigenvalue weighted by atomic mass is 10.2. The molecule has 0 fully saturated rings. The Morgan fingerprint density at radius 2 is 1.74 bits per heavy atom. The predicted molar refractivity (Wildman–Crippen MR) is 79.2 cm³/mol. The van der Waals surface area contributed by atoms with Crippen LogP contribution in [-0.4, -0.2) is 15.7 Å². The molecule has 0 unspecified atom stereocenters. The summed E-state index contributed by atoms with van der Waals surface area (Å²) in [7, 11) is 0. The van der Waals surface area contributed by atoms with Gasteiger partial charge in [-0.2, -0.15) is 0 Å². The van der Waals surface area contributed by atoms with Gasteiger partial charge in [0.05, 0.1) is 11.2 Å². The van der Waals surface area contributed by atoms with E-state index in [1.54, 1.807) is 0 Å². The topological polar surface area (TPSA) is 21.1 Å². The van der Waals surface area contributed by atoms with E-state index in [1.807, 2.05) is 24.5 Å². The Kier molecular flexibility index (Phi) is 2.95. The van der Waals surface area contributed by atoms with Crippen molar-refractivity contribution in [3.05, 3.63) is 61.1 Å². The van der Waals surface area contributed by atoms with Crippen LogP contribution in [0.15, 0.2) is 61.1 Å². The Hall–Kier alpha value is -2.29. The minimum absolute atomic E-state index is 0.359. The third-order valence-corrected chi connectivity index (χ3v) is 3.23. The molecule has 0 aliphatic rings. The number of aromatic nitrogens is 2. The summed E-state index contributed by atoms with van der Waals surface area (Å²) >= 11 is 0. The van der Waals surface area contributed by atoms with Crippen LogP contribution in [0.3, 0.4) is 0 Å². The first-order chi connectivity index (χ1) is 9.27. The van der Waals surface area contributed by atoms with Gasteiger partial charge in [0.2, 0.25) is 0 Å². The smallest absolute Gasteiger partial charge is 0.0698 e. The van der Waals surface area contributed by atoms with Crippen molar-refractivity contribution in [3.63, 3.8) is 0 Å². The minimum atomic E-state index is 0.359. The third kappa shape index (κ3) is 2.08. The van der Waals surface area contributed by atoms with Crippen LogP contribution in [0.25, 0.3) is 10.9 Å². The minimum Gasteiger partial charge on any atom is -0.279 e. The van der Waals surface area contributed by atoms with Gasteiger partial charge in [0, 0.05) is 30.0 Å². The molecule has 3 rings (SSSR count). The van der Waals surface area contributed by atoms with Crippen molar-refractivity contribution in [2.75, 3.05) is 5.01 Å². The lowest BCUT2D eigenvalue weighted by Gasteiger charge is -2.30. The van der Waals surface area contributed by atoms with Gasteiger partial charge >= 0.3 is 0 Å². The van der Waals surface area contributed by atoms with Crippen LogP contribution in [-0.2, 0) is 0 Å². The number of fused-ring (bicyclic) bond motifs is 1. The van der Waals surface area contributed by atoms with Crippen LogP contribution in [0.1, 0.15) is 13.8 Å². The summed E-state index contributed by atoms with van der Waals surface area (Å²) in [6.07, 6.45) is 5.78. The van der Waals surface area contributed by atoms with Crippen molar-refractivity contribution in [1.82, 2.24) is 9.66 Å². The van der Waals surface area contributed by atoms with Gasteiger partial charge in [-0.15, -0.1) is 0 Å². The summed E-state index contributed by atoms with van der Waals surface area (Å²) in [4.78, 5) is 4.09. The highest BCUT2D eigenvalue weighted by Crippen LogP contribution is 2.22. The lowest BCUT2D eigenvalue weighted by Crippen LogP contribution is -2.35. The van der Waals surface area contributed by atoms with Crippen LogP contribution in [0.5, 0.6) is 0 Å². The van der Waals surface area contributed by atoms with Crippen molar-refractivity contribution < 1.29 is 0 Å². The van der Waals surface area contributed by atoms with Crippen molar-refractivity contribution in [2.24, 2.45) is 0 Å². The molecule has 3 heteroatoms. The average molecular weight is 251 g/mol. The molecule has 0 N–H and O–H groups in total. The molecule has 1 aromatic carbocycles. The molecule has 2 heterocycles. The maximum Gasteiger partial charge on any atom is 0.0698 e. The molecule has 0 aliphatic heterocycles. The highest BCUT2D eigenvalue weighted by molar-refractivity contribution is 5.80.